The second-order valence-electron chi connectivity index (χ2n) is 6.24. The molecule has 0 radical (unpaired) electrons. The lowest BCUT2D eigenvalue weighted by Crippen LogP contribution is -2.30. The SMILES string of the molecule is COc1ccc(C)cc1NC(=O)[C@@H](C)OC(=O)CCOc1cccc(C)c1. The number of nitrogens with one attached hydrogen (secondary N) is 1. The first-order chi connectivity index (χ1) is 12.9. The van der Waals surface area contributed by atoms with Gasteiger partial charge in [-0.3, -0.25) is 9.59 Å². The third-order valence-electron chi connectivity index (χ3n) is 3.85. The maximum atomic E-state index is 12.3. The van der Waals surface area contributed by atoms with Crippen molar-refractivity contribution in [1.82, 2.24) is 0 Å². The summed E-state index contributed by atoms with van der Waals surface area (Å²) in [7, 11) is 1.53. The lowest BCUT2D eigenvalue weighted by atomic mass is 10.2. The number of benzene rings is 2. The summed E-state index contributed by atoms with van der Waals surface area (Å²) in [5.74, 6) is 0.313. The molecule has 0 unspecified atom stereocenters. The molecule has 0 aromatic heterocycles. The van der Waals surface area contributed by atoms with Gasteiger partial charge in [0.15, 0.2) is 6.10 Å². The maximum Gasteiger partial charge on any atom is 0.310 e. The van der Waals surface area contributed by atoms with Gasteiger partial charge in [0.2, 0.25) is 0 Å². The molecule has 0 spiro atoms. The molecule has 6 nitrogen and oxygen atoms in total. The van der Waals surface area contributed by atoms with Crippen LogP contribution in [0, 0.1) is 13.8 Å². The summed E-state index contributed by atoms with van der Waals surface area (Å²) in [6.07, 6.45) is -0.874. The quantitative estimate of drug-likeness (QED) is 0.717. The van der Waals surface area contributed by atoms with Gasteiger partial charge in [0, 0.05) is 0 Å². The van der Waals surface area contributed by atoms with Crippen molar-refractivity contribution in [3.8, 4) is 11.5 Å². The smallest absolute Gasteiger partial charge is 0.310 e. The predicted molar refractivity (Wildman–Crippen MR) is 103 cm³/mol. The lowest BCUT2D eigenvalue weighted by Gasteiger charge is -2.16. The first-order valence-electron chi connectivity index (χ1n) is 8.73. The van der Waals surface area contributed by atoms with Crippen LogP contribution >= 0.6 is 0 Å². The molecule has 27 heavy (non-hydrogen) atoms. The Morgan fingerprint density at radius 2 is 1.81 bits per heavy atom. The Hall–Kier alpha value is -3.02. The zero-order valence-corrected chi connectivity index (χ0v) is 16.1. The summed E-state index contributed by atoms with van der Waals surface area (Å²) >= 11 is 0. The number of esters is 1. The van der Waals surface area contributed by atoms with Gasteiger partial charge in [-0.25, -0.2) is 0 Å². The molecular weight excluding hydrogens is 346 g/mol. The average molecular weight is 371 g/mol. The Morgan fingerprint density at radius 1 is 1.07 bits per heavy atom. The van der Waals surface area contributed by atoms with Gasteiger partial charge in [-0.05, 0) is 56.2 Å². The van der Waals surface area contributed by atoms with Crippen LogP contribution in [0.5, 0.6) is 11.5 Å². The molecule has 0 saturated carbocycles. The fourth-order valence-corrected chi connectivity index (χ4v) is 2.42. The van der Waals surface area contributed by atoms with E-state index in [9.17, 15) is 9.59 Å². The van der Waals surface area contributed by atoms with Crippen molar-refractivity contribution in [3.63, 3.8) is 0 Å². The van der Waals surface area contributed by atoms with E-state index < -0.39 is 18.0 Å². The van der Waals surface area contributed by atoms with Crippen molar-refractivity contribution in [2.45, 2.75) is 33.3 Å². The van der Waals surface area contributed by atoms with E-state index in [1.807, 2.05) is 44.2 Å². The maximum absolute atomic E-state index is 12.3. The van der Waals surface area contributed by atoms with Crippen LogP contribution in [0.2, 0.25) is 0 Å². The summed E-state index contributed by atoms with van der Waals surface area (Å²) in [5.41, 5.74) is 2.59. The number of hydrogen-bond acceptors (Lipinski definition) is 5. The fourth-order valence-electron chi connectivity index (χ4n) is 2.42. The number of hydrogen-bond donors (Lipinski definition) is 1. The van der Waals surface area contributed by atoms with Crippen LogP contribution in [0.15, 0.2) is 42.5 Å². The minimum absolute atomic E-state index is 0.0549. The Balaban J connectivity index is 1.81. The van der Waals surface area contributed by atoms with E-state index in [2.05, 4.69) is 5.32 Å². The zero-order valence-electron chi connectivity index (χ0n) is 16.1. The molecule has 0 aliphatic carbocycles. The number of carbonyl (C=O) groups is 2. The highest BCUT2D eigenvalue weighted by Crippen LogP contribution is 2.25. The molecule has 0 bridgehead atoms. The largest absolute Gasteiger partial charge is 0.495 e. The Labute approximate surface area is 159 Å². The molecule has 0 fully saturated rings. The highest BCUT2D eigenvalue weighted by atomic mass is 16.5. The van der Waals surface area contributed by atoms with Crippen LogP contribution in [-0.2, 0) is 14.3 Å². The van der Waals surface area contributed by atoms with Crippen molar-refractivity contribution in [2.75, 3.05) is 19.0 Å². The molecule has 1 N–H and O–H groups in total. The predicted octanol–water partition coefficient (Wildman–Crippen LogP) is 3.65. The van der Waals surface area contributed by atoms with Crippen LogP contribution in [0.25, 0.3) is 0 Å². The fraction of sp³-hybridized carbons (Fsp3) is 0.333. The Morgan fingerprint density at radius 3 is 2.52 bits per heavy atom. The first-order valence-corrected chi connectivity index (χ1v) is 8.73. The second kappa shape index (κ2) is 9.62. The molecule has 2 aromatic rings. The van der Waals surface area contributed by atoms with E-state index >= 15 is 0 Å². The van der Waals surface area contributed by atoms with Crippen LogP contribution in [-0.4, -0.2) is 31.7 Å². The molecule has 1 atom stereocenters. The van der Waals surface area contributed by atoms with E-state index in [1.54, 1.807) is 12.1 Å². The number of carbonyl (C=O) groups excluding carboxylic acids is 2. The van der Waals surface area contributed by atoms with Gasteiger partial charge in [-0.1, -0.05) is 18.2 Å². The topological polar surface area (TPSA) is 73.9 Å². The number of methoxy groups -OCH3 is 1. The lowest BCUT2D eigenvalue weighted by molar-refractivity contribution is -0.153. The van der Waals surface area contributed by atoms with Gasteiger partial charge < -0.3 is 19.5 Å². The van der Waals surface area contributed by atoms with Crippen molar-refractivity contribution >= 4 is 17.6 Å². The number of amides is 1. The minimum Gasteiger partial charge on any atom is -0.495 e. The number of rotatable bonds is 8. The van der Waals surface area contributed by atoms with Crippen LogP contribution in [0.3, 0.4) is 0 Å². The summed E-state index contributed by atoms with van der Waals surface area (Å²) in [6, 6.07) is 13.0. The average Bonchev–Trinajstić information content (AvgIpc) is 2.62. The minimum atomic E-state index is -0.929. The van der Waals surface area contributed by atoms with Gasteiger partial charge in [0.25, 0.3) is 5.91 Å². The summed E-state index contributed by atoms with van der Waals surface area (Å²) in [4.78, 5) is 24.2. The highest BCUT2D eigenvalue weighted by Gasteiger charge is 2.19. The molecule has 0 aliphatic heterocycles. The molecule has 0 aliphatic rings. The summed E-state index contributed by atoms with van der Waals surface area (Å²) in [6.45, 7) is 5.58. The molecule has 144 valence electrons. The molecule has 6 heteroatoms. The Kier molecular flexibility index (Phi) is 7.23. The van der Waals surface area contributed by atoms with Crippen molar-refractivity contribution in [2.24, 2.45) is 0 Å². The number of ether oxygens (including phenoxy) is 3. The van der Waals surface area contributed by atoms with Crippen molar-refractivity contribution in [3.05, 3.63) is 53.6 Å². The standard InChI is InChI=1S/C21H25NO5/c1-14-6-5-7-17(12-14)26-11-10-20(23)27-16(3)21(24)22-18-13-15(2)8-9-19(18)25-4/h5-9,12-13,16H,10-11H2,1-4H3,(H,22,24)/t16-/m1/s1. The molecule has 2 rings (SSSR count). The van der Waals surface area contributed by atoms with E-state index in [0.717, 1.165) is 11.1 Å². The normalized spacial score (nSPS) is 11.4. The van der Waals surface area contributed by atoms with E-state index in [0.29, 0.717) is 17.2 Å². The first kappa shape index (κ1) is 20.3. The van der Waals surface area contributed by atoms with Crippen molar-refractivity contribution < 1.29 is 23.8 Å². The van der Waals surface area contributed by atoms with Crippen LogP contribution < -0.4 is 14.8 Å². The summed E-state index contributed by atoms with van der Waals surface area (Å²) < 4.78 is 15.9. The second-order valence-corrected chi connectivity index (χ2v) is 6.24. The van der Waals surface area contributed by atoms with Gasteiger partial charge in [-0.15, -0.1) is 0 Å². The number of anilines is 1. The van der Waals surface area contributed by atoms with Gasteiger partial charge in [0.05, 0.1) is 25.8 Å². The molecule has 2 aromatic carbocycles. The zero-order chi connectivity index (χ0) is 19.8. The van der Waals surface area contributed by atoms with E-state index in [4.69, 9.17) is 14.2 Å². The van der Waals surface area contributed by atoms with E-state index in [-0.39, 0.29) is 13.0 Å². The molecule has 0 heterocycles. The molecule has 1 amide bonds. The monoisotopic (exact) mass is 371 g/mol. The van der Waals surface area contributed by atoms with Gasteiger partial charge >= 0.3 is 5.97 Å². The summed E-state index contributed by atoms with van der Waals surface area (Å²) in [5, 5.41) is 2.72. The van der Waals surface area contributed by atoms with Crippen molar-refractivity contribution in [1.29, 1.82) is 0 Å². The van der Waals surface area contributed by atoms with Gasteiger partial charge in [0.1, 0.15) is 11.5 Å². The Bertz CT molecular complexity index is 803. The molecule has 0 saturated heterocycles. The van der Waals surface area contributed by atoms with E-state index in [1.165, 1.54) is 14.0 Å². The molecular formula is C21H25NO5. The third kappa shape index (κ3) is 6.33. The third-order valence-corrected chi connectivity index (χ3v) is 3.85. The highest BCUT2D eigenvalue weighted by molar-refractivity contribution is 5.96. The van der Waals surface area contributed by atoms with Crippen LogP contribution in [0.1, 0.15) is 24.5 Å². The van der Waals surface area contributed by atoms with Gasteiger partial charge in [-0.2, -0.15) is 0 Å². The number of aryl methyl sites for hydroxylation is 2. The van der Waals surface area contributed by atoms with Crippen LogP contribution in [0.4, 0.5) is 5.69 Å².